The highest BCUT2D eigenvalue weighted by Crippen LogP contribution is 2.13. The van der Waals surface area contributed by atoms with E-state index in [9.17, 15) is 9.90 Å². The van der Waals surface area contributed by atoms with Crippen LogP contribution in [0.2, 0.25) is 0 Å². The molecule has 0 amide bonds. The number of ether oxygens (including phenoxy) is 1. The SMILES string of the molecule is COC(=O)CC(O)CC/C=C(\C)CC/C=C(\C)CCC=C(C)C. The molecule has 0 saturated carbocycles. The van der Waals surface area contributed by atoms with Gasteiger partial charge in [-0.25, -0.2) is 0 Å². The van der Waals surface area contributed by atoms with Crippen molar-refractivity contribution in [1.82, 2.24) is 0 Å². The van der Waals surface area contributed by atoms with E-state index < -0.39 is 6.10 Å². The molecule has 0 aromatic carbocycles. The van der Waals surface area contributed by atoms with Crippen LogP contribution in [-0.4, -0.2) is 24.3 Å². The van der Waals surface area contributed by atoms with Gasteiger partial charge in [-0.1, -0.05) is 34.9 Å². The number of hydrogen-bond acceptors (Lipinski definition) is 3. The first-order valence-electron chi connectivity index (χ1n) is 8.54. The van der Waals surface area contributed by atoms with E-state index in [0.29, 0.717) is 6.42 Å². The molecule has 0 bridgehead atoms. The first kappa shape index (κ1) is 21.6. The summed E-state index contributed by atoms with van der Waals surface area (Å²) in [6.45, 7) is 8.59. The Balaban J connectivity index is 3.93. The molecule has 23 heavy (non-hydrogen) atoms. The highest BCUT2D eigenvalue weighted by molar-refractivity contribution is 5.69. The smallest absolute Gasteiger partial charge is 0.308 e. The number of aliphatic hydroxyl groups excluding tert-OH is 1. The highest BCUT2D eigenvalue weighted by Gasteiger charge is 2.09. The molecule has 0 aromatic heterocycles. The quantitative estimate of drug-likeness (QED) is 0.425. The number of allylic oxidation sites excluding steroid dienone is 6. The Morgan fingerprint density at radius 3 is 2.00 bits per heavy atom. The largest absolute Gasteiger partial charge is 0.469 e. The molecule has 3 heteroatoms. The van der Waals surface area contributed by atoms with Gasteiger partial charge >= 0.3 is 5.97 Å². The van der Waals surface area contributed by atoms with Crippen LogP contribution in [0.4, 0.5) is 0 Å². The molecule has 0 radical (unpaired) electrons. The maximum absolute atomic E-state index is 11.0. The van der Waals surface area contributed by atoms with Gasteiger partial charge in [0.25, 0.3) is 0 Å². The Morgan fingerprint density at radius 2 is 1.48 bits per heavy atom. The van der Waals surface area contributed by atoms with Gasteiger partial charge < -0.3 is 9.84 Å². The molecule has 132 valence electrons. The topological polar surface area (TPSA) is 46.5 Å². The average Bonchev–Trinajstić information content (AvgIpc) is 2.46. The fraction of sp³-hybridized carbons (Fsp3) is 0.650. The van der Waals surface area contributed by atoms with Crippen molar-refractivity contribution < 1.29 is 14.6 Å². The lowest BCUT2D eigenvalue weighted by Crippen LogP contribution is -2.14. The third-order valence-electron chi connectivity index (χ3n) is 3.75. The van der Waals surface area contributed by atoms with E-state index in [-0.39, 0.29) is 12.4 Å². The lowest BCUT2D eigenvalue weighted by Gasteiger charge is -2.07. The van der Waals surface area contributed by atoms with Crippen LogP contribution in [-0.2, 0) is 9.53 Å². The van der Waals surface area contributed by atoms with Crippen molar-refractivity contribution in [1.29, 1.82) is 0 Å². The van der Waals surface area contributed by atoms with Gasteiger partial charge in [0.1, 0.15) is 0 Å². The third-order valence-corrected chi connectivity index (χ3v) is 3.75. The van der Waals surface area contributed by atoms with E-state index in [1.54, 1.807) is 0 Å². The number of rotatable bonds is 11. The second-order valence-corrected chi connectivity index (χ2v) is 6.47. The van der Waals surface area contributed by atoms with Gasteiger partial charge in [0.15, 0.2) is 0 Å². The maximum Gasteiger partial charge on any atom is 0.308 e. The van der Waals surface area contributed by atoms with E-state index in [4.69, 9.17) is 0 Å². The molecule has 0 fully saturated rings. The van der Waals surface area contributed by atoms with Crippen LogP contribution >= 0.6 is 0 Å². The van der Waals surface area contributed by atoms with Gasteiger partial charge in [-0.3, -0.25) is 4.79 Å². The Hall–Kier alpha value is -1.35. The summed E-state index contributed by atoms with van der Waals surface area (Å²) in [7, 11) is 1.34. The van der Waals surface area contributed by atoms with Gasteiger partial charge in [-0.2, -0.15) is 0 Å². The number of hydrogen-bond donors (Lipinski definition) is 1. The predicted octanol–water partition coefficient (Wildman–Crippen LogP) is 5.11. The lowest BCUT2D eigenvalue weighted by atomic mass is 10.0. The van der Waals surface area contributed by atoms with Crippen LogP contribution in [0, 0.1) is 0 Å². The molecule has 0 aliphatic heterocycles. The van der Waals surface area contributed by atoms with Gasteiger partial charge in [-0.05, 0) is 66.2 Å². The first-order valence-corrected chi connectivity index (χ1v) is 8.54. The second kappa shape index (κ2) is 13.1. The van der Waals surface area contributed by atoms with Gasteiger partial charge in [0.05, 0.1) is 19.6 Å². The molecular formula is C20H34O3. The van der Waals surface area contributed by atoms with Crippen molar-refractivity contribution >= 4 is 5.97 Å². The van der Waals surface area contributed by atoms with Crippen LogP contribution in [0.1, 0.15) is 72.6 Å². The molecule has 0 spiro atoms. The number of aliphatic hydroxyl groups is 1. The average molecular weight is 322 g/mol. The van der Waals surface area contributed by atoms with Crippen LogP contribution in [0.15, 0.2) is 34.9 Å². The van der Waals surface area contributed by atoms with Crippen LogP contribution in [0.25, 0.3) is 0 Å². The van der Waals surface area contributed by atoms with E-state index in [2.05, 4.69) is 50.7 Å². The van der Waals surface area contributed by atoms with Gasteiger partial charge in [0, 0.05) is 0 Å². The van der Waals surface area contributed by atoms with Crippen LogP contribution in [0.5, 0.6) is 0 Å². The van der Waals surface area contributed by atoms with Gasteiger partial charge in [-0.15, -0.1) is 0 Å². The lowest BCUT2D eigenvalue weighted by molar-refractivity contribution is -0.142. The van der Waals surface area contributed by atoms with Gasteiger partial charge in [0.2, 0.25) is 0 Å². The Morgan fingerprint density at radius 1 is 0.957 bits per heavy atom. The summed E-state index contributed by atoms with van der Waals surface area (Å²) in [6, 6.07) is 0. The zero-order valence-electron chi connectivity index (χ0n) is 15.5. The fourth-order valence-electron chi connectivity index (χ4n) is 2.24. The summed E-state index contributed by atoms with van der Waals surface area (Å²) < 4.78 is 4.54. The molecule has 1 unspecified atom stereocenters. The molecule has 0 saturated heterocycles. The Labute approximate surface area is 142 Å². The van der Waals surface area contributed by atoms with Crippen LogP contribution in [0.3, 0.4) is 0 Å². The minimum atomic E-state index is -0.608. The highest BCUT2D eigenvalue weighted by atomic mass is 16.5. The van der Waals surface area contributed by atoms with Crippen molar-refractivity contribution in [2.24, 2.45) is 0 Å². The predicted molar refractivity (Wildman–Crippen MR) is 97.3 cm³/mol. The standard InChI is InChI=1S/C20H34O3/c1-16(2)9-6-10-17(3)11-7-12-18(4)13-8-14-19(21)15-20(22)23-5/h9,11,13,19,21H,6-8,10,12,14-15H2,1-5H3/b17-11+,18-13+. The molecule has 0 rings (SSSR count). The summed E-state index contributed by atoms with van der Waals surface area (Å²) in [5.41, 5.74) is 4.17. The molecule has 0 aromatic rings. The van der Waals surface area contributed by atoms with Crippen LogP contribution < -0.4 is 0 Å². The maximum atomic E-state index is 11.0. The summed E-state index contributed by atoms with van der Waals surface area (Å²) in [6.07, 6.45) is 12.0. The number of esters is 1. The molecule has 3 nitrogen and oxygen atoms in total. The molecule has 0 aliphatic carbocycles. The normalized spacial score (nSPS) is 13.7. The van der Waals surface area contributed by atoms with E-state index in [0.717, 1.165) is 32.1 Å². The zero-order valence-corrected chi connectivity index (χ0v) is 15.5. The minimum absolute atomic E-state index is 0.0804. The monoisotopic (exact) mass is 322 g/mol. The summed E-state index contributed by atoms with van der Waals surface area (Å²) in [5, 5.41) is 9.69. The fourth-order valence-corrected chi connectivity index (χ4v) is 2.24. The number of methoxy groups -OCH3 is 1. The molecule has 1 atom stereocenters. The zero-order chi connectivity index (χ0) is 17.7. The molecule has 1 N–H and O–H groups in total. The number of carbonyl (C=O) groups is 1. The number of carbonyl (C=O) groups excluding carboxylic acids is 1. The Bertz CT molecular complexity index is 426. The molecular weight excluding hydrogens is 288 g/mol. The van der Waals surface area contributed by atoms with Crippen molar-refractivity contribution in [2.75, 3.05) is 7.11 Å². The summed E-state index contributed by atoms with van der Waals surface area (Å²) in [4.78, 5) is 11.0. The molecule has 0 heterocycles. The second-order valence-electron chi connectivity index (χ2n) is 6.47. The summed E-state index contributed by atoms with van der Waals surface area (Å²) >= 11 is 0. The van der Waals surface area contributed by atoms with Crippen molar-refractivity contribution in [3.8, 4) is 0 Å². The molecule has 0 aliphatic rings. The first-order chi connectivity index (χ1) is 10.8. The van der Waals surface area contributed by atoms with Crippen molar-refractivity contribution in [2.45, 2.75) is 78.7 Å². The van der Waals surface area contributed by atoms with Crippen molar-refractivity contribution in [3.05, 3.63) is 34.9 Å². The van der Waals surface area contributed by atoms with E-state index in [1.807, 2.05) is 0 Å². The Kier molecular flexibility index (Phi) is 12.4. The summed E-state index contributed by atoms with van der Waals surface area (Å²) in [5.74, 6) is -0.355. The minimum Gasteiger partial charge on any atom is -0.469 e. The van der Waals surface area contributed by atoms with E-state index >= 15 is 0 Å². The van der Waals surface area contributed by atoms with E-state index in [1.165, 1.54) is 23.8 Å². The van der Waals surface area contributed by atoms with Crippen molar-refractivity contribution in [3.63, 3.8) is 0 Å². The third kappa shape index (κ3) is 14.0.